The topological polar surface area (TPSA) is 0 Å². The van der Waals surface area contributed by atoms with E-state index in [1.165, 1.54) is 89.9 Å². The first-order valence-electron chi connectivity index (χ1n) is 32.6. The summed E-state index contributed by atoms with van der Waals surface area (Å²) in [6.45, 7) is 65.9. The van der Waals surface area contributed by atoms with Crippen LogP contribution >= 0.6 is 0 Å². The first-order valence-corrected chi connectivity index (χ1v) is 32.6. The highest BCUT2D eigenvalue weighted by atomic mass is 13.8. The third-order valence-corrected chi connectivity index (χ3v) is 6.20. The molecule has 0 fully saturated rings. The lowest BCUT2D eigenvalue weighted by Gasteiger charge is -1.86. The lowest BCUT2D eigenvalue weighted by atomic mass is 10.2. The molecule has 0 heteroatoms. The van der Waals surface area contributed by atoms with Gasteiger partial charge in [0.25, 0.3) is 0 Å². The average Bonchev–Trinajstić information content (AvgIpc) is 3.56. The maximum absolute atomic E-state index is 2.23. The van der Waals surface area contributed by atoms with E-state index in [-0.39, 0.29) is 59.4 Å². The van der Waals surface area contributed by atoms with E-state index in [0.717, 1.165) is 0 Å². The molecule has 84 heavy (non-hydrogen) atoms. The van der Waals surface area contributed by atoms with E-state index in [1.54, 1.807) is 0 Å². The maximum atomic E-state index is 2.23. The van der Waals surface area contributed by atoms with Crippen LogP contribution in [0.4, 0.5) is 0 Å². The molecule has 0 amide bonds. The molecule has 0 atom stereocenters. The molecule has 5 aromatic rings. The van der Waals surface area contributed by atoms with Gasteiger partial charge in [0.1, 0.15) is 0 Å². The monoisotopic (exact) mass is 1200 g/mol. The molecular formula is C84H186. The molecule has 0 saturated carbocycles. The fourth-order valence-corrected chi connectivity index (χ4v) is 3.42. The molecule has 0 aliphatic heterocycles. The smallest absolute Gasteiger partial charge is 0.0536 e. The molecule has 522 valence electrons. The Kier molecular flexibility index (Phi) is 569. The molecule has 0 N–H and O–H groups in total. The third-order valence-electron chi connectivity index (χ3n) is 6.20. The van der Waals surface area contributed by atoms with Crippen molar-refractivity contribution < 1.29 is 0 Å². The fraction of sp³-hybridized carbons (Fsp3) is 0.643. The zero-order valence-corrected chi connectivity index (χ0v) is 59.2. The second kappa shape index (κ2) is 300. The first kappa shape index (κ1) is 159. The van der Waals surface area contributed by atoms with Gasteiger partial charge >= 0.3 is 0 Å². The molecule has 0 aromatic heterocycles. The molecular weight excluding hydrogens is 1010 g/mol. The number of hydrogen-bond donors (Lipinski definition) is 0. The van der Waals surface area contributed by atoms with Crippen LogP contribution in [-0.2, 0) is 0 Å². The standard InChI is InChI=1S/5C6H6.3C6H14.2C3H8.11C2H6.8CH4/c5*1-2-4-6-5-3-1;3*1-3-5-6-4-2;2*1-3-2;11*1-2;;;;;;;;/h5*1-6H;3*3-6H2,1-2H3;2*3H2,1-2H3;11*1-2H3;8*1H4. The van der Waals surface area contributed by atoms with E-state index in [2.05, 4.69) is 69.2 Å². The summed E-state index contributed by atoms with van der Waals surface area (Å²) in [5, 5.41) is 0. The Morgan fingerprint density at radius 1 is 0.119 bits per heavy atom. The summed E-state index contributed by atoms with van der Waals surface area (Å²) in [7, 11) is 0. The summed E-state index contributed by atoms with van der Waals surface area (Å²) in [6.07, 6.45) is 19.1. The number of hydrogen-bond acceptors (Lipinski definition) is 0. The van der Waals surface area contributed by atoms with Gasteiger partial charge in [-0.25, -0.2) is 0 Å². The van der Waals surface area contributed by atoms with Gasteiger partial charge in [-0.1, -0.05) is 553 Å². The summed E-state index contributed by atoms with van der Waals surface area (Å²) in [5.41, 5.74) is 0. The molecule has 5 aromatic carbocycles. The minimum absolute atomic E-state index is 0. The van der Waals surface area contributed by atoms with Crippen LogP contribution in [0.15, 0.2) is 182 Å². The van der Waals surface area contributed by atoms with Crippen LogP contribution in [0.3, 0.4) is 0 Å². The number of rotatable bonds is 9. The van der Waals surface area contributed by atoms with Crippen LogP contribution in [0.5, 0.6) is 0 Å². The van der Waals surface area contributed by atoms with Crippen molar-refractivity contribution in [3.63, 3.8) is 0 Å². The van der Waals surface area contributed by atoms with E-state index < -0.39 is 0 Å². The van der Waals surface area contributed by atoms with E-state index in [1.807, 2.05) is 334 Å². The van der Waals surface area contributed by atoms with Crippen molar-refractivity contribution in [2.45, 2.75) is 371 Å². The molecule has 0 nitrogen and oxygen atoms in total. The van der Waals surface area contributed by atoms with Crippen LogP contribution < -0.4 is 0 Å². The van der Waals surface area contributed by atoms with Crippen LogP contribution in [0, 0.1) is 0 Å². The number of unbranched alkanes of at least 4 members (excludes halogenated alkanes) is 9. The summed E-state index contributed by atoms with van der Waals surface area (Å²) < 4.78 is 0. The summed E-state index contributed by atoms with van der Waals surface area (Å²) in [4.78, 5) is 0. The molecule has 0 aliphatic carbocycles. The van der Waals surface area contributed by atoms with Crippen LogP contribution in [0.1, 0.15) is 371 Å². The summed E-state index contributed by atoms with van der Waals surface area (Å²) in [6, 6.07) is 60.0. The predicted molar refractivity (Wildman–Crippen MR) is 432 cm³/mol. The largest absolute Gasteiger partial charge is 0.0776 e. The summed E-state index contributed by atoms with van der Waals surface area (Å²) in [5.74, 6) is 0. The SMILES string of the molecule is C.C.C.C.C.C.C.C.CC.CC.CC.CC.CC.CC.CC.CC.CC.CC.CC.CCC.CCC.CCCCCC.CCCCCC.CCCCCC.c1ccccc1.c1ccccc1.c1ccccc1.c1ccccc1.c1ccccc1. The van der Waals surface area contributed by atoms with Gasteiger partial charge < -0.3 is 0 Å². The average molecular weight is 1200 g/mol. The quantitative estimate of drug-likeness (QED) is 0.129. The number of benzene rings is 5. The fourth-order valence-electron chi connectivity index (χ4n) is 3.42. The second-order valence-corrected chi connectivity index (χ2v) is 12.3. The molecule has 5 rings (SSSR count). The van der Waals surface area contributed by atoms with Gasteiger partial charge in [0, 0.05) is 0 Å². The van der Waals surface area contributed by atoms with E-state index in [4.69, 9.17) is 0 Å². The van der Waals surface area contributed by atoms with Crippen molar-refractivity contribution in [3.8, 4) is 0 Å². The molecule has 0 saturated heterocycles. The zero-order chi connectivity index (χ0) is 63.1. The Morgan fingerprint density at radius 3 is 0.179 bits per heavy atom. The molecule has 0 heterocycles. The lowest BCUT2D eigenvalue weighted by Crippen LogP contribution is -1.66. The van der Waals surface area contributed by atoms with Gasteiger partial charge in [-0.3, -0.25) is 0 Å². The Balaban J connectivity index is -0.0000000207. The second-order valence-electron chi connectivity index (χ2n) is 12.3. The molecule has 0 radical (unpaired) electrons. The zero-order valence-electron chi connectivity index (χ0n) is 59.2. The molecule has 0 aliphatic rings. The third kappa shape index (κ3) is 377. The molecule has 0 bridgehead atoms. The highest BCUT2D eigenvalue weighted by molar-refractivity contribution is 5.01. The predicted octanol–water partition coefficient (Wildman–Crippen LogP) is 35.4. The minimum atomic E-state index is 0. The van der Waals surface area contributed by atoms with Crippen molar-refractivity contribution in [1.82, 2.24) is 0 Å². The highest BCUT2D eigenvalue weighted by Crippen LogP contribution is 1.96. The van der Waals surface area contributed by atoms with Gasteiger partial charge in [0.05, 0.1) is 0 Å². The normalized spacial score (nSPS) is 6.00. The maximum Gasteiger partial charge on any atom is -0.0536 e. The van der Waals surface area contributed by atoms with E-state index in [0.29, 0.717) is 0 Å². The summed E-state index contributed by atoms with van der Waals surface area (Å²) >= 11 is 0. The van der Waals surface area contributed by atoms with Crippen molar-refractivity contribution in [2.24, 2.45) is 0 Å². The Morgan fingerprint density at radius 2 is 0.155 bits per heavy atom. The Labute approximate surface area is 550 Å². The van der Waals surface area contributed by atoms with Crippen molar-refractivity contribution in [2.75, 3.05) is 0 Å². The van der Waals surface area contributed by atoms with Crippen LogP contribution in [-0.4, -0.2) is 0 Å². The van der Waals surface area contributed by atoms with E-state index >= 15 is 0 Å². The van der Waals surface area contributed by atoms with Crippen molar-refractivity contribution >= 4 is 0 Å². The lowest BCUT2D eigenvalue weighted by molar-refractivity contribution is 0.702. The minimum Gasteiger partial charge on any atom is -0.0776 e. The first-order chi connectivity index (χ1) is 37.6. The van der Waals surface area contributed by atoms with Crippen molar-refractivity contribution in [1.29, 1.82) is 0 Å². The van der Waals surface area contributed by atoms with Gasteiger partial charge in [-0.2, -0.15) is 0 Å². The Bertz CT molecular complexity index is 730. The Hall–Kier alpha value is -3.90. The van der Waals surface area contributed by atoms with E-state index in [9.17, 15) is 0 Å². The van der Waals surface area contributed by atoms with Gasteiger partial charge in [0.15, 0.2) is 0 Å². The van der Waals surface area contributed by atoms with Gasteiger partial charge in [0.2, 0.25) is 0 Å². The molecule has 0 spiro atoms. The van der Waals surface area contributed by atoms with Crippen molar-refractivity contribution in [3.05, 3.63) is 182 Å². The van der Waals surface area contributed by atoms with Crippen LogP contribution in [0.25, 0.3) is 0 Å². The highest BCUT2D eigenvalue weighted by Gasteiger charge is 1.76. The van der Waals surface area contributed by atoms with Gasteiger partial charge in [-0.15, -0.1) is 0 Å². The van der Waals surface area contributed by atoms with Gasteiger partial charge in [-0.05, 0) is 0 Å². The van der Waals surface area contributed by atoms with Crippen LogP contribution in [0.2, 0.25) is 0 Å². The molecule has 0 unspecified atom stereocenters.